The molecule has 7 heteroatoms. The molecule has 1 atom stereocenters. The highest BCUT2D eigenvalue weighted by Gasteiger charge is 2.23. The lowest BCUT2D eigenvalue weighted by Crippen LogP contribution is -2.42. The largest absolute Gasteiger partial charge is 0.497 e. The standard InChI is InChI=1S/C20H32N4O2.HI/c1-3-21-20(22-14-16-4-5-16)23-15-19(24-10-12-26-13-11-24)17-6-8-18(25-2)9-7-17;/h6-9,16,19H,3-5,10-15H2,1-2H3,(H2,21,22,23);1H. The molecule has 152 valence electrons. The van der Waals surface area contributed by atoms with Gasteiger partial charge in [0.1, 0.15) is 5.75 Å². The third kappa shape index (κ3) is 7.12. The summed E-state index contributed by atoms with van der Waals surface area (Å²) in [7, 11) is 1.70. The van der Waals surface area contributed by atoms with Gasteiger partial charge < -0.3 is 20.1 Å². The van der Waals surface area contributed by atoms with E-state index in [4.69, 9.17) is 14.5 Å². The van der Waals surface area contributed by atoms with Crippen LogP contribution in [0.4, 0.5) is 0 Å². The lowest BCUT2D eigenvalue weighted by molar-refractivity contribution is 0.0179. The van der Waals surface area contributed by atoms with Crippen LogP contribution >= 0.6 is 24.0 Å². The van der Waals surface area contributed by atoms with Crippen LogP contribution in [0.15, 0.2) is 29.3 Å². The van der Waals surface area contributed by atoms with Gasteiger partial charge in [-0.15, -0.1) is 24.0 Å². The normalized spacial score (nSPS) is 19.1. The third-order valence-electron chi connectivity index (χ3n) is 5.01. The highest BCUT2D eigenvalue weighted by Crippen LogP contribution is 2.27. The zero-order chi connectivity index (χ0) is 18.2. The fourth-order valence-electron chi connectivity index (χ4n) is 3.23. The summed E-state index contributed by atoms with van der Waals surface area (Å²) in [4.78, 5) is 7.36. The minimum atomic E-state index is 0. The van der Waals surface area contributed by atoms with E-state index in [2.05, 4.69) is 34.6 Å². The van der Waals surface area contributed by atoms with E-state index < -0.39 is 0 Å². The van der Waals surface area contributed by atoms with Crippen molar-refractivity contribution in [2.45, 2.75) is 25.8 Å². The number of ether oxygens (including phenoxy) is 2. The number of halogens is 1. The molecule has 1 saturated heterocycles. The van der Waals surface area contributed by atoms with Crippen molar-refractivity contribution in [3.63, 3.8) is 0 Å². The van der Waals surface area contributed by atoms with Crippen LogP contribution in [0.25, 0.3) is 0 Å². The van der Waals surface area contributed by atoms with E-state index in [1.807, 2.05) is 12.1 Å². The Kier molecular flexibility index (Phi) is 9.64. The molecular formula is C20H33IN4O2. The molecule has 1 heterocycles. The summed E-state index contributed by atoms with van der Waals surface area (Å²) >= 11 is 0. The molecule has 0 aromatic heterocycles. The minimum Gasteiger partial charge on any atom is -0.497 e. The third-order valence-corrected chi connectivity index (χ3v) is 5.01. The van der Waals surface area contributed by atoms with Crippen molar-refractivity contribution >= 4 is 29.9 Å². The van der Waals surface area contributed by atoms with Crippen LogP contribution in [0.3, 0.4) is 0 Å². The van der Waals surface area contributed by atoms with Gasteiger partial charge in [-0.25, -0.2) is 0 Å². The van der Waals surface area contributed by atoms with Crippen molar-refractivity contribution in [3.05, 3.63) is 29.8 Å². The molecule has 2 N–H and O–H groups in total. The van der Waals surface area contributed by atoms with Gasteiger partial charge in [0.05, 0.1) is 32.9 Å². The van der Waals surface area contributed by atoms with Crippen molar-refractivity contribution in [3.8, 4) is 5.75 Å². The molecule has 0 bridgehead atoms. The van der Waals surface area contributed by atoms with Crippen LogP contribution < -0.4 is 15.4 Å². The number of aliphatic imine (C=N–C) groups is 1. The summed E-state index contributed by atoms with van der Waals surface area (Å²) in [5.74, 6) is 2.64. The number of hydrogen-bond donors (Lipinski definition) is 2. The van der Waals surface area contributed by atoms with Crippen molar-refractivity contribution in [1.29, 1.82) is 0 Å². The lowest BCUT2D eigenvalue weighted by Gasteiger charge is -2.34. The maximum Gasteiger partial charge on any atom is 0.191 e. The molecule has 1 aromatic rings. The Hall–Kier alpha value is -1.06. The summed E-state index contributed by atoms with van der Waals surface area (Å²) in [6.07, 6.45) is 2.68. The second-order valence-corrected chi connectivity index (χ2v) is 6.98. The van der Waals surface area contributed by atoms with E-state index in [0.717, 1.165) is 63.6 Å². The van der Waals surface area contributed by atoms with Gasteiger partial charge in [-0.1, -0.05) is 12.1 Å². The maximum atomic E-state index is 5.54. The Morgan fingerprint density at radius 2 is 1.93 bits per heavy atom. The molecule has 2 fully saturated rings. The zero-order valence-electron chi connectivity index (χ0n) is 16.4. The van der Waals surface area contributed by atoms with Gasteiger partial charge in [-0.2, -0.15) is 0 Å². The number of methoxy groups -OCH3 is 1. The molecule has 1 aromatic carbocycles. The topological polar surface area (TPSA) is 58.1 Å². The molecule has 6 nitrogen and oxygen atoms in total. The first kappa shape index (κ1) is 22.2. The molecule has 1 unspecified atom stereocenters. The minimum absolute atomic E-state index is 0. The highest BCUT2D eigenvalue weighted by molar-refractivity contribution is 14.0. The second-order valence-electron chi connectivity index (χ2n) is 6.98. The Bertz CT molecular complexity index is 572. The summed E-state index contributed by atoms with van der Waals surface area (Å²) in [5.41, 5.74) is 1.27. The predicted octanol–water partition coefficient (Wildman–Crippen LogP) is 2.65. The molecule has 0 radical (unpaired) electrons. The van der Waals surface area contributed by atoms with E-state index in [9.17, 15) is 0 Å². The first-order valence-corrected chi connectivity index (χ1v) is 9.78. The van der Waals surface area contributed by atoms with Gasteiger partial charge in [0.15, 0.2) is 5.96 Å². The monoisotopic (exact) mass is 488 g/mol. The number of hydrogen-bond acceptors (Lipinski definition) is 4. The van der Waals surface area contributed by atoms with Crippen LogP contribution in [-0.2, 0) is 4.74 Å². The van der Waals surface area contributed by atoms with E-state index in [-0.39, 0.29) is 30.0 Å². The molecule has 2 aliphatic rings. The number of benzene rings is 1. The Labute approximate surface area is 180 Å². The Morgan fingerprint density at radius 1 is 1.22 bits per heavy atom. The van der Waals surface area contributed by atoms with Gasteiger partial charge in [0, 0.05) is 26.2 Å². The van der Waals surface area contributed by atoms with Crippen LogP contribution in [0, 0.1) is 5.92 Å². The van der Waals surface area contributed by atoms with Crippen molar-refractivity contribution in [2.75, 3.05) is 53.0 Å². The molecule has 0 spiro atoms. The van der Waals surface area contributed by atoms with Gasteiger partial charge in [0.2, 0.25) is 0 Å². The number of guanidine groups is 1. The maximum absolute atomic E-state index is 5.54. The molecule has 27 heavy (non-hydrogen) atoms. The zero-order valence-corrected chi connectivity index (χ0v) is 18.8. The summed E-state index contributed by atoms with van der Waals surface area (Å²) in [5, 5.41) is 6.86. The Balaban J connectivity index is 0.00000261. The van der Waals surface area contributed by atoms with Gasteiger partial charge >= 0.3 is 0 Å². The SMILES string of the molecule is CCNC(=NCC(c1ccc(OC)cc1)N1CCOCC1)NCC1CC1.I. The number of morpholine rings is 1. The summed E-state index contributed by atoms with van der Waals surface area (Å²) < 4.78 is 10.8. The summed E-state index contributed by atoms with van der Waals surface area (Å²) in [6, 6.07) is 8.62. The molecule has 1 aliphatic heterocycles. The predicted molar refractivity (Wildman–Crippen MR) is 120 cm³/mol. The smallest absolute Gasteiger partial charge is 0.191 e. The first-order valence-electron chi connectivity index (χ1n) is 9.78. The van der Waals surface area contributed by atoms with E-state index >= 15 is 0 Å². The quantitative estimate of drug-likeness (QED) is 0.335. The van der Waals surface area contributed by atoms with Crippen molar-refractivity contribution < 1.29 is 9.47 Å². The van der Waals surface area contributed by atoms with Crippen LogP contribution in [-0.4, -0.2) is 63.9 Å². The lowest BCUT2D eigenvalue weighted by atomic mass is 10.0. The molecule has 1 saturated carbocycles. The average Bonchev–Trinajstić information content (AvgIpc) is 3.52. The fourth-order valence-corrected chi connectivity index (χ4v) is 3.23. The molecular weight excluding hydrogens is 455 g/mol. The number of rotatable bonds is 8. The van der Waals surface area contributed by atoms with Crippen LogP contribution in [0.1, 0.15) is 31.4 Å². The Morgan fingerprint density at radius 3 is 2.52 bits per heavy atom. The van der Waals surface area contributed by atoms with Gasteiger partial charge in [0.25, 0.3) is 0 Å². The van der Waals surface area contributed by atoms with Gasteiger partial charge in [-0.05, 0) is 43.4 Å². The van der Waals surface area contributed by atoms with Crippen molar-refractivity contribution in [1.82, 2.24) is 15.5 Å². The van der Waals surface area contributed by atoms with Crippen LogP contribution in [0.5, 0.6) is 5.75 Å². The first-order chi connectivity index (χ1) is 12.8. The number of nitrogens with zero attached hydrogens (tertiary/aromatic N) is 2. The number of nitrogens with one attached hydrogen (secondary N) is 2. The molecule has 1 aliphatic carbocycles. The van der Waals surface area contributed by atoms with Crippen molar-refractivity contribution in [2.24, 2.45) is 10.9 Å². The van der Waals surface area contributed by atoms with Crippen LogP contribution in [0.2, 0.25) is 0 Å². The molecule has 3 rings (SSSR count). The highest BCUT2D eigenvalue weighted by atomic mass is 127. The fraction of sp³-hybridized carbons (Fsp3) is 0.650. The van der Waals surface area contributed by atoms with E-state index in [1.54, 1.807) is 7.11 Å². The van der Waals surface area contributed by atoms with E-state index in [1.165, 1.54) is 18.4 Å². The summed E-state index contributed by atoms with van der Waals surface area (Å²) in [6.45, 7) is 8.20. The molecule has 0 amide bonds. The van der Waals surface area contributed by atoms with E-state index in [0.29, 0.717) is 0 Å². The average molecular weight is 488 g/mol. The van der Waals surface area contributed by atoms with Gasteiger partial charge in [-0.3, -0.25) is 9.89 Å². The second kappa shape index (κ2) is 11.7.